The van der Waals surface area contributed by atoms with Gasteiger partial charge in [-0.25, -0.2) is 19.2 Å². The fourth-order valence-electron chi connectivity index (χ4n) is 2.06. The molecule has 9 heteroatoms. The molecule has 1 aromatic heterocycles. The lowest BCUT2D eigenvalue weighted by molar-refractivity contribution is 0.0358. The Labute approximate surface area is 124 Å². The minimum absolute atomic E-state index is 0.113. The molecular formula is C13H15NO8. The number of hydrogen-bond donors (Lipinski definition) is 3. The van der Waals surface area contributed by atoms with Crippen LogP contribution in [0.2, 0.25) is 0 Å². The zero-order valence-corrected chi connectivity index (χ0v) is 12.1. The number of rotatable bonds is 6. The molecule has 0 spiro atoms. The summed E-state index contributed by atoms with van der Waals surface area (Å²) in [5, 5.41) is 27.5. The molecule has 0 aromatic carbocycles. The first kappa shape index (κ1) is 17.2. The molecule has 1 rings (SSSR count). The minimum atomic E-state index is -1.75. The van der Waals surface area contributed by atoms with Crippen molar-refractivity contribution in [3.05, 3.63) is 22.5 Å². The smallest absolute Gasteiger partial charge is 0.356 e. The number of hydrogen-bond acceptors (Lipinski definition) is 5. The predicted molar refractivity (Wildman–Crippen MR) is 71.5 cm³/mol. The molecule has 0 fully saturated rings. The Morgan fingerprint density at radius 3 is 1.73 bits per heavy atom. The second-order valence-electron chi connectivity index (χ2n) is 4.56. The second-order valence-corrected chi connectivity index (χ2v) is 4.56. The number of carboxylic acid groups (broad SMARTS) is 3. The fourth-order valence-corrected chi connectivity index (χ4v) is 2.06. The zero-order chi connectivity index (χ0) is 17.2. The second kappa shape index (κ2) is 6.29. The number of carbonyl (C=O) groups excluding carboxylic acids is 1. The molecule has 0 aliphatic heterocycles. The lowest BCUT2D eigenvalue weighted by atomic mass is 10.1. The van der Waals surface area contributed by atoms with E-state index in [2.05, 4.69) is 0 Å². The molecule has 0 saturated heterocycles. The monoisotopic (exact) mass is 313 g/mol. The van der Waals surface area contributed by atoms with E-state index < -0.39 is 52.5 Å². The molecule has 120 valence electrons. The molecule has 9 nitrogen and oxygen atoms in total. The summed E-state index contributed by atoms with van der Waals surface area (Å²) in [6.45, 7) is 4.38. The molecule has 0 amide bonds. The van der Waals surface area contributed by atoms with E-state index in [4.69, 9.17) is 9.84 Å². The van der Waals surface area contributed by atoms with Crippen molar-refractivity contribution in [2.75, 3.05) is 0 Å². The largest absolute Gasteiger partial charge is 0.478 e. The van der Waals surface area contributed by atoms with Crippen molar-refractivity contribution in [3.8, 4) is 0 Å². The van der Waals surface area contributed by atoms with Crippen molar-refractivity contribution in [2.45, 2.75) is 33.4 Å². The molecule has 0 saturated carbocycles. The third-order valence-corrected chi connectivity index (χ3v) is 2.75. The van der Waals surface area contributed by atoms with Crippen molar-refractivity contribution in [2.24, 2.45) is 0 Å². The number of carbonyl (C=O) groups is 4. The average molecular weight is 313 g/mol. The highest BCUT2D eigenvalue weighted by Crippen LogP contribution is 2.25. The van der Waals surface area contributed by atoms with Gasteiger partial charge >= 0.3 is 23.9 Å². The van der Waals surface area contributed by atoms with Gasteiger partial charge in [-0.15, -0.1) is 0 Å². The van der Waals surface area contributed by atoms with E-state index in [9.17, 15) is 29.4 Å². The lowest BCUT2D eigenvalue weighted by Gasteiger charge is -2.11. The molecule has 0 aliphatic rings. The highest BCUT2D eigenvalue weighted by Gasteiger charge is 2.37. The van der Waals surface area contributed by atoms with Crippen LogP contribution in [0.3, 0.4) is 0 Å². The van der Waals surface area contributed by atoms with Crippen molar-refractivity contribution in [1.82, 2.24) is 4.57 Å². The van der Waals surface area contributed by atoms with Crippen LogP contribution >= 0.6 is 0 Å². The molecule has 0 aliphatic carbocycles. The summed E-state index contributed by atoms with van der Waals surface area (Å²) in [7, 11) is 0. The highest BCUT2D eigenvalue weighted by molar-refractivity contribution is 6.14. The van der Waals surface area contributed by atoms with Crippen LogP contribution in [0.5, 0.6) is 0 Å². The van der Waals surface area contributed by atoms with Gasteiger partial charge in [0.2, 0.25) is 0 Å². The number of aromatic carboxylic acids is 3. The minimum Gasteiger partial charge on any atom is -0.478 e. The number of esters is 1. The molecule has 0 radical (unpaired) electrons. The quantitative estimate of drug-likeness (QED) is 0.664. The van der Waals surface area contributed by atoms with Gasteiger partial charge in [-0.1, -0.05) is 0 Å². The van der Waals surface area contributed by atoms with E-state index >= 15 is 0 Å². The van der Waals surface area contributed by atoms with Gasteiger partial charge in [-0.2, -0.15) is 0 Å². The number of ether oxygens (including phenoxy) is 1. The summed E-state index contributed by atoms with van der Waals surface area (Å²) in [6, 6.07) is 0. The molecule has 1 aromatic rings. The first-order valence-corrected chi connectivity index (χ1v) is 6.30. The van der Waals surface area contributed by atoms with E-state index in [1.165, 1.54) is 20.8 Å². The van der Waals surface area contributed by atoms with Gasteiger partial charge in [-0.05, 0) is 20.8 Å². The number of carboxylic acids is 3. The SMILES string of the molecule is CCn1c(C(=O)O)c(C(=O)O)c(C(=O)O)c1C(=O)OC(C)C. The van der Waals surface area contributed by atoms with Gasteiger partial charge in [0, 0.05) is 6.54 Å². The van der Waals surface area contributed by atoms with E-state index in [0.29, 0.717) is 0 Å². The first-order chi connectivity index (χ1) is 10.1. The highest BCUT2D eigenvalue weighted by atomic mass is 16.5. The van der Waals surface area contributed by atoms with Gasteiger partial charge < -0.3 is 24.6 Å². The Morgan fingerprint density at radius 2 is 1.41 bits per heavy atom. The molecule has 3 N–H and O–H groups in total. The third-order valence-electron chi connectivity index (χ3n) is 2.75. The maximum atomic E-state index is 12.1. The average Bonchev–Trinajstić information content (AvgIpc) is 2.72. The standard InChI is InChI=1S/C13H15NO8/c1-4-14-8(12(19)20)6(10(15)16)7(11(17)18)9(14)13(21)22-5(2)3/h5H,4H2,1-3H3,(H,15,16)(H,17,18)(H,19,20). The summed E-state index contributed by atoms with van der Waals surface area (Å²) in [6.07, 6.45) is -0.587. The van der Waals surface area contributed by atoms with E-state index in [0.717, 1.165) is 4.57 Å². The van der Waals surface area contributed by atoms with Crippen LogP contribution in [0.15, 0.2) is 0 Å². The molecule has 0 unspecified atom stereocenters. The summed E-state index contributed by atoms with van der Waals surface area (Å²) < 4.78 is 5.71. The van der Waals surface area contributed by atoms with E-state index in [1.807, 2.05) is 0 Å². The Balaban J connectivity index is 3.84. The van der Waals surface area contributed by atoms with Crippen LogP contribution in [0.1, 0.15) is 62.5 Å². The first-order valence-electron chi connectivity index (χ1n) is 6.30. The summed E-state index contributed by atoms with van der Waals surface area (Å²) in [5.74, 6) is -6.21. The van der Waals surface area contributed by atoms with Crippen molar-refractivity contribution < 1.29 is 39.2 Å². The number of nitrogens with zero attached hydrogens (tertiary/aromatic N) is 1. The van der Waals surface area contributed by atoms with Gasteiger partial charge in [0.15, 0.2) is 0 Å². The van der Waals surface area contributed by atoms with Crippen LogP contribution in [-0.4, -0.2) is 49.9 Å². The van der Waals surface area contributed by atoms with Crippen LogP contribution in [-0.2, 0) is 11.3 Å². The Kier molecular flexibility index (Phi) is 4.92. The molecular weight excluding hydrogens is 298 g/mol. The van der Waals surface area contributed by atoms with Gasteiger partial charge in [-0.3, -0.25) is 0 Å². The maximum absolute atomic E-state index is 12.1. The Bertz CT molecular complexity index is 655. The van der Waals surface area contributed by atoms with Gasteiger partial charge in [0.05, 0.1) is 6.10 Å². The summed E-state index contributed by atoms with van der Waals surface area (Å²) in [5.41, 5.74) is -3.21. The topological polar surface area (TPSA) is 143 Å². The molecule has 1 heterocycles. The molecule has 22 heavy (non-hydrogen) atoms. The summed E-state index contributed by atoms with van der Waals surface area (Å²) in [4.78, 5) is 46.0. The maximum Gasteiger partial charge on any atom is 0.356 e. The van der Waals surface area contributed by atoms with Crippen LogP contribution in [0.25, 0.3) is 0 Å². The summed E-state index contributed by atoms with van der Waals surface area (Å²) >= 11 is 0. The molecule has 0 bridgehead atoms. The normalized spacial score (nSPS) is 10.5. The van der Waals surface area contributed by atoms with Gasteiger partial charge in [0.1, 0.15) is 22.5 Å². The van der Waals surface area contributed by atoms with E-state index in [1.54, 1.807) is 0 Å². The predicted octanol–water partition coefficient (Wildman–Crippen LogP) is 1.17. The fraction of sp³-hybridized carbons (Fsp3) is 0.385. The van der Waals surface area contributed by atoms with Crippen LogP contribution in [0.4, 0.5) is 0 Å². The van der Waals surface area contributed by atoms with Gasteiger partial charge in [0.25, 0.3) is 0 Å². The Morgan fingerprint density at radius 1 is 0.955 bits per heavy atom. The number of aromatic nitrogens is 1. The van der Waals surface area contributed by atoms with Crippen molar-refractivity contribution in [1.29, 1.82) is 0 Å². The zero-order valence-electron chi connectivity index (χ0n) is 12.1. The van der Waals surface area contributed by atoms with Crippen molar-refractivity contribution >= 4 is 23.9 Å². The van der Waals surface area contributed by atoms with Crippen molar-refractivity contribution in [3.63, 3.8) is 0 Å². The Hall–Kier alpha value is -2.84. The molecule has 0 atom stereocenters. The third kappa shape index (κ3) is 2.92. The van der Waals surface area contributed by atoms with Crippen LogP contribution < -0.4 is 0 Å². The van der Waals surface area contributed by atoms with E-state index in [-0.39, 0.29) is 6.54 Å². The lowest BCUT2D eigenvalue weighted by Crippen LogP contribution is -2.20. The van der Waals surface area contributed by atoms with Crippen LogP contribution in [0, 0.1) is 0 Å².